The van der Waals surface area contributed by atoms with Gasteiger partial charge < -0.3 is 15.4 Å². The summed E-state index contributed by atoms with van der Waals surface area (Å²) < 4.78 is 5.93. The highest BCUT2D eigenvalue weighted by Gasteiger charge is 2.22. The van der Waals surface area contributed by atoms with Crippen molar-refractivity contribution in [3.8, 4) is 5.88 Å². The Kier molecular flexibility index (Phi) is 10.3. The molecule has 2 aliphatic rings. The number of halogens is 1. The number of rotatable bonds is 8. The molecule has 2 N–H and O–H groups in total. The Morgan fingerprint density at radius 3 is 2.68 bits per heavy atom. The minimum Gasteiger partial charge on any atom is -0.474 e. The molecule has 1 aromatic heterocycles. The van der Waals surface area contributed by atoms with Crippen LogP contribution in [0.3, 0.4) is 0 Å². The smallest absolute Gasteiger partial charge is 0.213 e. The molecule has 0 aromatic carbocycles. The number of nitrogens with zero attached hydrogens (tertiary/aromatic N) is 3. The van der Waals surface area contributed by atoms with E-state index in [-0.39, 0.29) is 24.0 Å². The number of likely N-dealkylation sites (tertiary alicyclic amines) is 1. The summed E-state index contributed by atoms with van der Waals surface area (Å²) >= 11 is 0. The van der Waals surface area contributed by atoms with Crippen LogP contribution in [0.4, 0.5) is 0 Å². The van der Waals surface area contributed by atoms with Crippen LogP contribution < -0.4 is 15.4 Å². The van der Waals surface area contributed by atoms with Crippen LogP contribution in [0, 0.1) is 0 Å². The predicted molar refractivity (Wildman–Crippen MR) is 126 cm³/mol. The first-order valence-corrected chi connectivity index (χ1v) is 10.7. The number of nitrogens with one attached hydrogen (secondary N) is 2. The van der Waals surface area contributed by atoms with Crippen LogP contribution >= 0.6 is 24.0 Å². The van der Waals surface area contributed by atoms with Crippen molar-refractivity contribution in [1.29, 1.82) is 0 Å². The van der Waals surface area contributed by atoms with Crippen molar-refractivity contribution in [2.24, 2.45) is 4.99 Å². The van der Waals surface area contributed by atoms with Gasteiger partial charge in [0, 0.05) is 31.4 Å². The van der Waals surface area contributed by atoms with Crippen molar-refractivity contribution in [2.75, 3.05) is 26.2 Å². The monoisotopic (exact) mass is 501 g/mol. The summed E-state index contributed by atoms with van der Waals surface area (Å²) in [5.41, 5.74) is 1.10. The highest BCUT2D eigenvalue weighted by atomic mass is 127. The van der Waals surface area contributed by atoms with E-state index < -0.39 is 0 Å². The van der Waals surface area contributed by atoms with E-state index in [2.05, 4.69) is 40.4 Å². The van der Waals surface area contributed by atoms with E-state index in [0.717, 1.165) is 49.9 Å². The van der Waals surface area contributed by atoms with Gasteiger partial charge in [0.15, 0.2) is 5.96 Å². The fourth-order valence-electron chi connectivity index (χ4n) is 4.02. The fraction of sp³-hybridized carbons (Fsp3) is 0.714. The molecule has 0 radical (unpaired) electrons. The standard InChI is InChI=1S/C21H35N5O.HI/c1-3-22-21(25-16-18-8-7-13-26(18)4-2)24-15-17-11-12-20(23-14-17)27-19-9-5-6-10-19;/h11-12,14,18-19H,3-10,13,15-16H2,1-2H3,(H2,22,24,25);1H. The highest BCUT2D eigenvalue weighted by molar-refractivity contribution is 14.0. The summed E-state index contributed by atoms with van der Waals surface area (Å²) in [6, 6.07) is 4.66. The lowest BCUT2D eigenvalue weighted by Crippen LogP contribution is -2.44. The number of hydrogen-bond acceptors (Lipinski definition) is 4. The Bertz CT molecular complexity index is 589. The largest absolute Gasteiger partial charge is 0.474 e. The van der Waals surface area contributed by atoms with E-state index >= 15 is 0 Å². The van der Waals surface area contributed by atoms with E-state index in [4.69, 9.17) is 9.73 Å². The second-order valence-corrected chi connectivity index (χ2v) is 7.53. The molecule has 3 rings (SSSR count). The Labute approximate surface area is 186 Å². The number of ether oxygens (including phenoxy) is 1. The predicted octanol–water partition coefficient (Wildman–Crippen LogP) is 3.56. The second-order valence-electron chi connectivity index (χ2n) is 7.53. The van der Waals surface area contributed by atoms with Crippen LogP contribution in [0.25, 0.3) is 0 Å². The fourth-order valence-corrected chi connectivity index (χ4v) is 4.02. The van der Waals surface area contributed by atoms with Gasteiger partial charge in [-0.15, -0.1) is 24.0 Å². The van der Waals surface area contributed by atoms with Crippen molar-refractivity contribution in [3.63, 3.8) is 0 Å². The first-order chi connectivity index (χ1) is 13.3. The Balaban J connectivity index is 0.00000280. The topological polar surface area (TPSA) is 61.8 Å². The van der Waals surface area contributed by atoms with Crippen LogP contribution in [0.1, 0.15) is 57.9 Å². The summed E-state index contributed by atoms with van der Waals surface area (Å²) in [6.07, 6.45) is 9.66. The number of likely N-dealkylation sites (N-methyl/N-ethyl adjacent to an activating group) is 1. The Morgan fingerprint density at radius 2 is 2.00 bits per heavy atom. The number of aliphatic imine (C=N–C) groups is 1. The molecule has 1 atom stereocenters. The van der Waals surface area contributed by atoms with Gasteiger partial charge in [-0.25, -0.2) is 9.98 Å². The maximum absolute atomic E-state index is 5.93. The molecule has 1 saturated carbocycles. The minimum atomic E-state index is 0. The number of guanidine groups is 1. The quantitative estimate of drug-likeness (QED) is 0.324. The van der Waals surface area contributed by atoms with E-state index in [9.17, 15) is 0 Å². The molecule has 28 heavy (non-hydrogen) atoms. The van der Waals surface area contributed by atoms with Crippen molar-refractivity contribution in [2.45, 2.75) is 71.1 Å². The van der Waals surface area contributed by atoms with Crippen molar-refractivity contribution >= 4 is 29.9 Å². The first kappa shape index (κ1) is 23.2. The molecule has 7 heteroatoms. The molecule has 1 aromatic rings. The molecule has 158 valence electrons. The van der Waals surface area contributed by atoms with Gasteiger partial charge in [0.05, 0.1) is 6.54 Å². The lowest BCUT2D eigenvalue weighted by molar-refractivity contribution is 0.201. The zero-order valence-electron chi connectivity index (χ0n) is 17.3. The molecule has 6 nitrogen and oxygen atoms in total. The zero-order valence-corrected chi connectivity index (χ0v) is 19.7. The van der Waals surface area contributed by atoms with Crippen LogP contribution in [-0.4, -0.2) is 54.2 Å². The lowest BCUT2D eigenvalue weighted by atomic mass is 10.2. The third kappa shape index (κ3) is 7.06. The van der Waals surface area contributed by atoms with Crippen molar-refractivity contribution in [3.05, 3.63) is 23.9 Å². The SMILES string of the molecule is CCNC(=NCc1ccc(OC2CCCC2)nc1)NCC1CCCN1CC.I. The maximum atomic E-state index is 5.93. The van der Waals surface area contributed by atoms with Crippen molar-refractivity contribution < 1.29 is 4.74 Å². The van der Waals surface area contributed by atoms with E-state index in [0.29, 0.717) is 18.7 Å². The van der Waals surface area contributed by atoms with Gasteiger partial charge in [0.2, 0.25) is 5.88 Å². The van der Waals surface area contributed by atoms with Crippen LogP contribution in [0.5, 0.6) is 5.88 Å². The van der Waals surface area contributed by atoms with Gasteiger partial charge in [-0.2, -0.15) is 0 Å². The van der Waals surface area contributed by atoms with Crippen LogP contribution in [-0.2, 0) is 6.54 Å². The van der Waals surface area contributed by atoms with E-state index in [1.54, 1.807) is 0 Å². The summed E-state index contributed by atoms with van der Waals surface area (Å²) in [6.45, 7) is 9.12. The average molecular weight is 501 g/mol. The van der Waals surface area contributed by atoms with E-state index in [1.165, 1.54) is 32.2 Å². The second kappa shape index (κ2) is 12.5. The molecular weight excluding hydrogens is 465 g/mol. The molecule has 1 aliphatic carbocycles. The molecular formula is C21H36IN5O. The van der Waals surface area contributed by atoms with E-state index in [1.807, 2.05) is 12.3 Å². The van der Waals surface area contributed by atoms with Crippen LogP contribution in [0.2, 0.25) is 0 Å². The number of aromatic nitrogens is 1. The first-order valence-electron chi connectivity index (χ1n) is 10.7. The van der Waals surface area contributed by atoms with Crippen molar-refractivity contribution in [1.82, 2.24) is 20.5 Å². The maximum Gasteiger partial charge on any atom is 0.213 e. The summed E-state index contributed by atoms with van der Waals surface area (Å²) in [7, 11) is 0. The Morgan fingerprint density at radius 1 is 1.18 bits per heavy atom. The zero-order chi connectivity index (χ0) is 18.9. The average Bonchev–Trinajstić information content (AvgIpc) is 3.36. The highest BCUT2D eigenvalue weighted by Crippen LogP contribution is 2.23. The summed E-state index contributed by atoms with van der Waals surface area (Å²) in [5, 5.41) is 6.85. The van der Waals surface area contributed by atoms with Crippen LogP contribution in [0.15, 0.2) is 23.3 Å². The third-order valence-corrected chi connectivity index (χ3v) is 5.56. The van der Waals surface area contributed by atoms with Gasteiger partial charge in [-0.05, 0) is 64.1 Å². The third-order valence-electron chi connectivity index (χ3n) is 5.56. The molecule has 1 saturated heterocycles. The minimum absolute atomic E-state index is 0. The summed E-state index contributed by atoms with van der Waals surface area (Å²) in [4.78, 5) is 11.7. The Hall–Kier alpha value is -1.09. The van der Waals surface area contributed by atoms with Gasteiger partial charge in [-0.1, -0.05) is 13.0 Å². The molecule has 2 fully saturated rings. The number of pyridine rings is 1. The molecule has 1 aliphatic heterocycles. The van der Waals surface area contributed by atoms with Gasteiger partial charge in [0.1, 0.15) is 6.10 Å². The van der Waals surface area contributed by atoms with Gasteiger partial charge >= 0.3 is 0 Å². The number of hydrogen-bond donors (Lipinski definition) is 2. The summed E-state index contributed by atoms with van der Waals surface area (Å²) in [5.74, 6) is 1.62. The molecule has 2 heterocycles. The normalized spacial score (nSPS) is 20.8. The van der Waals surface area contributed by atoms with Gasteiger partial charge in [0.25, 0.3) is 0 Å². The molecule has 0 amide bonds. The molecule has 0 bridgehead atoms. The van der Waals surface area contributed by atoms with Gasteiger partial charge in [-0.3, -0.25) is 4.90 Å². The lowest BCUT2D eigenvalue weighted by Gasteiger charge is -2.24. The molecule has 1 unspecified atom stereocenters. The molecule has 0 spiro atoms.